The third-order valence-corrected chi connectivity index (χ3v) is 5.80. The molecule has 2 atom stereocenters. The van der Waals surface area contributed by atoms with Gasteiger partial charge in [-0.15, -0.1) is 0 Å². The Hall–Kier alpha value is -3.41. The summed E-state index contributed by atoms with van der Waals surface area (Å²) in [7, 11) is 0. The number of nitrogens with one attached hydrogen (secondary N) is 1. The second-order valence-electron chi connectivity index (χ2n) is 8.34. The van der Waals surface area contributed by atoms with Gasteiger partial charge >= 0.3 is 5.97 Å². The average Bonchev–Trinajstić information content (AvgIpc) is 3.29. The minimum Gasteiger partial charge on any atom is -0.461 e. The molecule has 3 aromatic rings. The number of esters is 1. The second-order valence-corrected chi connectivity index (χ2v) is 8.34. The molecule has 6 heteroatoms. The summed E-state index contributed by atoms with van der Waals surface area (Å²) in [5.74, 6) is -0.313. The number of ether oxygens (including phenoxy) is 1. The second kappa shape index (κ2) is 11.5. The maximum Gasteiger partial charge on any atom is 0.358 e. The van der Waals surface area contributed by atoms with Gasteiger partial charge in [0.1, 0.15) is 0 Å². The Kier molecular flexibility index (Phi) is 8.41. The molecule has 0 spiro atoms. The quantitative estimate of drug-likeness (QED) is 0.427. The van der Waals surface area contributed by atoms with Gasteiger partial charge in [-0.05, 0) is 74.9 Å². The maximum atomic E-state index is 12.7. The Morgan fingerprint density at radius 3 is 2.36 bits per heavy atom. The number of rotatable bonds is 10. The lowest BCUT2D eigenvalue weighted by molar-refractivity contribution is 0.0518. The van der Waals surface area contributed by atoms with Gasteiger partial charge < -0.3 is 10.1 Å². The number of nitrogens with zero attached hydrogens (tertiary/aromatic N) is 2. The molecule has 0 aliphatic carbocycles. The number of hydrogen-bond acceptors (Lipinski definition) is 4. The fraction of sp³-hybridized carbons (Fsp3) is 0.370. The standard InChI is InChI=1S/C27H33N3O3/c1-5-19(3)25-18-24(27(32)33-6-2)29-30(25)23-16-14-22(15-17-23)26(31)28-20(4)12-13-21-10-8-7-9-11-21/h7-11,14-20H,5-6,12-13H2,1-4H3,(H,28,31). The SMILES string of the molecule is CCOC(=O)c1cc(C(C)CC)n(-c2ccc(C(=O)NC(C)CCc3ccccc3)cc2)n1. The van der Waals surface area contributed by atoms with Crippen molar-refractivity contribution in [3.05, 3.63) is 83.2 Å². The van der Waals surface area contributed by atoms with E-state index in [-0.39, 0.29) is 17.9 Å². The van der Waals surface area contributed by atoms with Crippen LogP contribution in [0.5, 0.6) is 0 Å². The molecule has 2 aromatic carbocycles. The van der Waals surface area contributed by atoms with E-state index >= 15 is 0 Å². The van der Waals surface area contributed by atoms with E-state index in [1.165, 1.54) is 5.56 Å². The van der Waals surface area contributed by atoms with Crippen molar-refractivity contribution < 1.29 is 14.3 Å². The van der Waals surface area contributed by atoms with Gasteiger partial charge in [0.15, 0.2) is 5.69 Å². The van der Waals surface area contributed by atoms with Gasteiger partial charge in [-0.3, -0.25) is 4.79 Å². The molecular formula is C27H33N3O3. The Balaban J connectivity index is 1.70. The van der Waals surface area contributed by atoms with E-state index in [4.69, 9.17) is 4.74 Å². The lowest BCUT2D eigenvalue weighted by Crippen LogP contribution is -2.32. The number of benzene rings is 2. The minimum absolute atomic E-state index is 0.0626. The molecule has 0 saturated carbocycles. The Labute approximate surface area is 196 Å². The van der Waals surface area contributed by atoms with Crippen molar-refractivity contribution in [2.75, 3.05) is 6.61 Å². The van der Waals surface area contributed by atoms with E-state index in [0.717, 1.165) is 30.6 Å². The maximum absolute atomic E-state index is 12.7. The Morgan fingerprint density at radius 1 is 1.03 bits per heavy atom. The van der Waals surface area contributed by atoms with Gasteiger partial charge in [-0.25, -0.2) is 9.48 Å². The molecule has 0 saturated heterocycles. The highest BCUT2D eigenvalue weighted by molar-refractivity contribution is 5.94. The summed E-state index contributed by atoms with van der Waals surface area (Å²) >= 11 is 0. The van der Waals surface area contributed by atoms with Crippen LogP contribution < -0.4 is 5.32 Å². The number of aryl methyl sites for hydroxylation is 1. The van der Waals surface area contributed by atoms with Crippen LogP contribution in [0, 0.1) is 0 Å². The highest BCUT2D eigenvalue weighted by Gasteiger charge is 2.20. The molecule has 2 unspecified atom stereocenters. The van der Waals surface area contributed by atoms with E-state index in [9.17, 15) is 9.59 Å². The van der Waals surface area contributed by atoms with Crippen LogP contribution >= 0.6 is 0 Å². The molecule has 0 radical (unpaired) electrons. The zero-order valence-electron chi connectivity index (χ0n) is 19.9. The van der Waals surface area contributed by atoms with Crippen LogP contribution in [0.1, 0.15) is 78.6 Å². The van der Waals surface area contributed by atoms with Crippen LogP contribution in [-0.4, -0.2) is 34.3 Å². The van der Waals surface area contributed by atoms with Crippen LogP contribution in [-0.2, 0) is 11.2 Å². The van der Waals surface area contributed by atoms with Gasteiger partial charge in [0, 0.05) is 17.3 Å². The summed E-state index contributed by atoms with van der Waals surface area (Å²) in [5, 5.41) is 7.56. The number of amides is 1. The van der Waals surface area contributed by atoms with Crippen LogP contribution in [0.4, 0.5) is 0 Å². The normalized spacial score (nSPS) is 12.7. The fourth-order valence-corrected chi connectivity index (χ4v) is 3.63. The molecule has 0 fully saturated rings. The largest absolute Gasteiger partial charge is 0.461 e. The summed E-state index contributed by atoms with van der Waals surface area (Å²) in [4.78, 5) is 24.9. The summed E-state index contributed by atoms with van der Waals surface area (Å²) in [6.45, 7) is 8.29. The van der Waals surface area contributed by atoms with Crippen LogP contribution in [0.15, 0.2) is 60.7 Å². The first-order valence-electron chi connectivity index (χ1n) is 11.6. The third kappa shape index (κ3) is 6.31. The summed E-state index contributed by atoms with van der Waals surface area (Å²) in [6.07, 6.45) is 2.70. The molecule has 174 valence electrons. The van der Waals surface area contributed by atoms with Gasteiger partial charge in [-0.2, -0.15) is 5.10 Å². The van der Waals surface area contributed by atoms with Crippen molar-refractivity contribution in [1.82, 2.24) is 15.1 Å². The van der Waals surface area contributed by atoms with E-state index in [1.807, 2.05) is 37.3 Å². The zero-order valence-corrected chi connectivity index (χ0v) is 19.9. The molecule has 1 amide bonds. The number of aromatic nitrogens is 2. The molecule has 33 heavy (non-hydrogen) atoms. The number of hydrogen-bond donors (Lipinski definition) is 1. The van der Waals surface area contributed by atoms with Crippen molar-refractivity contribution in [3.63, 3.8) is 0 Å². The van der Waals surface area contributed by atoms with Crippen LogP contribution in [0.3, 0.4) is 0 Å². The Bertz CT molecular complexity index is 1060. The number of carbonyl (C=O) groups excluding carboxylic acids is 2. The van der Waals surface area contributed by atoms with Gasteiger partial charge in [0.2, 0.25) is 0 Å². The molecule has 1 heterocycles. The first-order valence-corrected chi connectivity index (χ1v) is 11.6. The van der Waals surface area contributed by atoms with Crippen molar-refractivity contribution in [3.8, 4) is 5.69 Å². The third-order valence-electron chi connectivity index (χ3n) is 5.80. The number of carbonyl (C=O) groups is 2. The monoisotopic (exact) mass is 447 g/mol. The van der Waals surface area contributed by atoms with E-state index in [1.54, 1.807) is 29.8 Å². The predicted octanol–water partition coefficient (Wildman–Crippen LogP) is 5.31. The molecule has 6 nitrogen and oxygen atoms in total. The van der Waals surface area contributed by atoms with Crippen molar-refractivity contribution in [1.29, 1.82) is 0 Å². The zero-order chi connectivity index (χ0) is 23.8. The topological polar surface area (TPSA) is 73.2 Å². The predicted molar refractivity (Wildman–Crippen MR) is 130 cm³/mol. The van der Waals surface area contributed by atoms with E-state index < -0.39 is 5.97 Å². The van der Waals surface area contributed by atoms with Gasteiger partial charge in [0.25, 0.3) is 5.91 Å². The molecule has 1 aromatic heterocycles. The molecule has 0 aliphatic heterocycles. The first-order chi connectivity index (χ1) is 15.9. The first kappa shape index (κ1) is 24.2. The van der Waals surface area contributed by atoms with Crippen molar-refractivity contribution in [2.45, 2.75) is 58.9 Å². The lowest BCUT2D eigenvalue weighted by atomic mass is 10.0. The fourth-order valence-electron chi connectivity index (χ4n) is 3.63. The lowest BCUT2D eigenvalue weighted by Gasteiger charge is -2.15. The summed E-state index contributed by atoms with van der Waals surface area (Å²) in [6, 6.07) is 19.4. The highest BCUT2D eigenvalue weighted by Crippen LogP contribution is 2.24. The highest BCUT2D eigenvalue weighted by atomic mass is 16.5. The molecule has 0 aliphatic rings. The molecule has 1 N–H and O–H groups in total. The average molecular weight is 448 g/mol. The van der Waals surface area contributed by atoms with Crippen LogP contribution in [0.2, 0.25) is 0 Å². The van der Waals surface area contributed by atoms with E-state index in [2.05, 4.69) is 36.4 Å². The van der Waals surface area contributed by atoms with Crippen molar-refractivity contribution in [2.24, 2.45) is 0 Å². The van der Waals surface area contributed by atoms with Gasteiger partial charge in [0.05, 0.1) is 12.3 Å². The van der Waals surface area contributed by atoms with E-state index in [0.29, 0.717) is 17.9 Å². The molecule has 0 bridgehead atoms. The Morgan fingerprint density at radius 2 is 1.73 bits per heavy atom. The summed E-state index contributed by atoms with van der Waals surface area (Å²) in [5.41, 5.74) is 3.89. The molecule has 3 rings (SSSR count). The summed E-state index contributed by atoms with van der Waals surface area (Å²) < 4.78 is 6.88. The minimum atomic E-state index is -0.429. The van der Waals surface area contributed by atoms with Crippen molar-refractivity contribution >= 4 is 11.9 Å². The molecular weight excluding hydrogens is 414 g/mol. The van der Waals surface area contributed by atoms with Gasteiger partial charge in [-0.1, -0.05) is 44.2 Å². The van der Waals surface area contributed by atoms with Crippen LogP contribution in [0.25, 0.3) is 5.69 Å². The smallest absolute Gasteiger partial charge is 0.358 e.